The van der Waals surface area contributed by atoms with Gasteiger partial charge in [-0.1, -0.05) is 53.7 Å². The maximum atomic E-state index is 12.5. The van der Waals surface area contributed by atoms with Crippen molar-refractivity contribution in [1.82, 2.24) is 14.9 Å². The number of anilines is 1. The molecule has 1 heterocycles. The quantitative estimate of drug-likeness (QED) is 0.433. The van der Waals surface area contributed by atoms with E-state index >= 15 is 0 Å². The van der Waals surface area contributed by atoms with Crippen LogP contribution in [0.3, 0.4) is 0 Å². The van der Waals surface area contributed by atoms with Gasteiger partial charge in [-0.3, -0.25) is 9.59 Å². The number of carbonyl (C=O) groups excluding carboxylic acids is 2. The van der Waals surface area contributed by atoms with Gasteiger partial charge >= 0.3 is 0 Å². The van der Waals surface area contributed by atoms with E-state index in [4.69, 9.17) is 0 Å². The van der Waals surface area contributed by atoms with Crippen molar-refractivity contribution in [2.45, 2.75) is 45.6 Å². The highest BCUT2D eigenvalue weighted by Gasteiger charge is 2.15. The fourth-order valence-corrected chi connectivity index (χ4v) is 3.91. The second kappa shape index (κ2) is 11.0. The number of aliphatic hydroxyl groups excluding tert-OH is 1. The maximum absolute atomic E-state index is 12.5. The lowest BCUT2D eigenvalue weighted by Gasteiger charge is -2.12. The highest BCUT2D eigenvalue weighted by Crippen LogP contribution is 2.21. The molecule has 0 bridgehead atoms. The number of aliphatic hydroxyl groups is 1. The van der Waals surface area contributed by atoms with Crippen molar-refractivity contribution in [2.24, 2.45) is 0 Å². The van der Waals surface area contributed by atoms with Crippen molar-refractivity contribution in [3.05, 3.63) is 76.6 Å². The molecule has 0 aliphatic carbocycles. The van der Waals surface area contributed by atoms with E-state index in [1.165, 1.54) is 18.0 Å². The van der Waals surface area contributed by atoms with E-state index in [0.29, 0.717) is 17.4 Å². The Kier molecular flexibility index (Phi) is 8.08. The molecule has 0 atom stereocenters. The molecule has 32 heavy (non-hydrogen) atoms. The summed E-state index contributed by atoms with van der Waals surface area (Å²) in [6, 6.07) is 13.7. The van der Waals surface area contributed by atoms with Gasteiger partial charge in [-0.2, -0.15) is 0 Å². The number of nitrogens with one attached hydrogen (secondary N) is 2. The highest BCUT2D eigenvalue weighted by molar-refractivity contribution is 7.99. The Labute approximate surface area is 192 Å². The Bertz CT molecular complexity index is 1090. The van der Waals surface area contributed by atoms with E-state index in [1.807, 2.05) is 63.2 Å². The third-order valence-electron chi connectivity index (χ3n) is 5.19. The predicted octanol–water partition coefficient (Wildman–Crippen LogP) is 3.35. The van der Waals surface area contributed by atoms with Gasteiger partial charge in [0, 0.05) is 12.2 Å². The lowest BCUT2D eigenvalue weighted by molar-refractivity contribution is -0.122. The Balaban J connectivity index is 1.58. The van der Waals surface area contributed by atoms with Crippen LogP contribution in [0.5, 0.6) is 0 Å². The monoisotopic (exact) mass is 452 g/mol. The first-order chi connectivity index (χ1) is 15.4. The fourth-order valence-electron chi connectivity index (χ4n) is 3.11. The molecule has 0 aliphatic rings. The van der Waals surface area contributed by atoms with Crippen LogP contribution in [0.4, 0.5) is 5.69 Å². The van der Waals surface area contributed by atoms with Crippen molar-refractivity contribution < 1.29 is 14.7 Å². The Hall–Kier alpha value is -3.10. The smallest absolute Gasteiger partial charge is 0.240 e. The van der Waals surface area contributed by atoms with Crippen LogP contribution >= 0.6 is 11.8 Å². The average molecular weight is 453 g/mol. The average Bonchev–Trinajstić information content (AvgIpc) is 3.16. The molecule has 0 saturated carbocycles. The van der Waals surface area contributed by atoms with Crippen LogP contribution in [0, 0.1) is 20.8 Å². The van der Waals surface area contributed by atoms with Crippen LogP contribution < -0.4 is 10.6 Å². The largest absolute Gasteiger partial charge is 0.390 e. The van der Waals surface area contributed by atoms with E-state index in [0.717, 1.165) is 27.9 Å². The van der Waals surface area contributed by atoms with E-state index in [1.54, 1.807) is 4.57 Å². The van der Waals surface area contributed by atoms with Crippen molar-refractivity contribution in [2.75, 3.05) is 11.1 Å². The second-order valence-corrected chi connectivity index (χ2v) is 8.57. The minimum atomic E-state index is -0.243. The van der Waals surface area contributed by atoms with Crippen molar-refractivity contribution >= 4 is 29.3 Å². The van der Waals surface area contributed by atoms with Gasteiger partial charge in [0.05, 0.1) is 24.3 Å². The van der Waals surface area contributed by atoms with Gasteiger partial charge in [0.15, 0.2) is 5.16 Å². The summed E-state index contributed by atoms with van der Waals surface area (Å²) in [6.07, 6.45) is 1.53. The number of hydrogen-bond donors (Lipinski definition) is 3. The van der Waals surface area contributed by atoms with E-state index < -0.39 is 0 Å². The number of thioether (sulfide) groups is 1. The first-order valence-corrected chi connectivity index (χ1v) is 11.3. The van der Waals surface area contributed by atoms with Crippen molar-refractivity contribution in [3.8, 4) is 0 Å². The maximum Gasteiger partial charge on any atom is 0.240 e. The molecule has 0 spiro atoms. The first kappa shape index (κ1) is 23.6. The summed E-state index contributed by atoms with van der Waals surface area (Å²) in [5.41, 5.74) is 5.61. The van der Waals surface area contributed by atoms with Crippen molar-refractivity contribution in [3.63, 3.8) is 0 Å². The highest BCUT2D eigenvalue weighted by atomic mass is 32.2. The van der Waals surface area contributed by atoms with Gasteiger partial charge in [0.25, 0.3) is 0 Å². The van der Waals surface area contributed by atoms with Gasteiger partial charge in [0.1, 0.15) is 6.54 Å². The molecule has 3 rings (SSSR count). The van der Waals surface area contributed by atoms with Crippen LogP contribution in [0.15, 0.2) is 53.8 Å². The number of aryl methyl sites for hydroxylation is 2. The second-order valence-electron chi connectivity index (χ2n) is 7.62. The zero-order valence-corrected chi connectivity index (χ0v) is 19.3. The number of amides is 2. The molecule has 0 aliphatic heterocycles. The van der Waals surface area contributed by atoms with Gasteiger partial charge < -0.3 is 20.3 Å². The predicted molar refractivity (Wildman–Crippen MR) is 126 cm³/mol. The molecule has 0 unspecified atom stereocenters. The number of benzene rings is 2. The number of carbonyl (C=O) groups is 2. The molecule has 2 aromatic carbocycles. The summed E-state index contributed by atoms with van der Waals surface area (Å²) >= 11 is 1.23. The molecule has 0 saturated heterocycles. The summed E-state index contributed by atoms with van der Waals surface area (Å²) in [4.78, 5) is 29.2. The molecule has 1 aromatic heterocycles. The molecule has 2 amide bonds. The number of nitrogens with zero attached hydrogens (tertiary/aromatic N) is 2. The lowest BCUT2D eigenvalue weighted by atomic mass is 10.1. The molecule has 168 valence electrons. The van der Waals surface area contributed by atoms with E-state index in [2.05, 4.69) is 15.6 Å². The molecule has 3 aromatic rings. The summed E-state index contributed by atoms with van der Waals surface area (Å²) in [6.45, 7) is 6.17. The first-order valence-electron chi connectivity index (χ1n) is 10.3. The van der Waals surface area contributed by atoms with Crippen LogP contribution in [-0.4, -0.2) is 32.2 Å². The SMILES string of the molecule is Cc1ccc(CNC(=O)Cn2c(CO)cnc2SCC(=O)Nc2cccc(C)c2C)cc1. The normalized spacial score (nSPS) is 10.8. The number of aromatic nitrogens is 2. The molecular formula is C24H28N4O3S. The van der Waals surface area contributed by atoms with Crippen LogP contribution in [-0.2, 0) is 29.3 Å². The summed E-state index contributed by atoms with van der Waals surface area (Å²) in [5, 5.41) is 15.9. The Morgan fingerprint density at radius 3 is 2.53 bits per heavy atom. The van der Waals surface area contributed by atoms with Crippen LogP contribution in [0.25, 0.3) is 0 Å². The summed E-state index contributed by atoms with van der Waals surface area (Å²) < 4.78 is 1.64. The third kappa shape index (κ3) is 6.21. The molecule has 8 heteroatoms. The summed E-state index contributed by atoms with van der Waals surface area (Å²) in [5.74, 6) is -0.215. The zero-order chi connectivity index (χ0) is 23.1. The fraction of sp³-hybridized carbons (Fsp3) is 0.292. The number of rotatable bonds is 9. The van der Waals surface area contributed by atoms with Gasteiger partial charge in [-0.05, 0) is 43.5 Å². The van der Waals surface area contributed by atoms with Gasteiger partial charge in [-0.15, -0.1) is 0 Å². The molecule has 7 nitrogen and oxygen atoms in total. The molecule has 3 N–H and O–H groups in total. The standard InChI is InChI=1S/C24H28N4O3S/c1-16-7-9-19(10-8-16)11-25-22(30)13-28-20(14-29)12-26-24(28)32-15-23(31)27-21-6-4-5-17(2)18(21)3/h4-10,12,29H,11,13-15H2,1-3H3,(H,25,30)(H,27,31). The van der Waals surface area contributed by atoms with Gasteiger partial charge in [-0.25, -0.2) is 4.98 Å². The molecule has 0 fully saturated rings. The molecule has 0 radical (unpaired) electrons. The third-order valence-corrected chi connectivity index (χ3v) is 6.18. The Morgan fingerprint density at radius 2 is 1.81 bits per heavy atom. The lowest BCUT2D eigenvalue weighted by Crippen LogP contribution is -2.28. The minimum Gasteiger partial charge on any atom is -0.390 e. The van der Waals surface area contributed by atoms with Crippen molar-refractivity contribution in [1.29, 1.82) is 0 Å². The van der Waals surface area contributed by atoms with E-state index in [9.17, 15) is 14.7 Å². The van der Waals surface area contributed by atoms with E-state index in [-0.39, 0.29) is 30.7 Å². The topological polar surface area (TPSA) is 96.2 Å². The zero-order valence-electron chi connectivity index (χ0n) is 18.5. The van der Waals surface area contributed by atoms with Gasteiger partial charge in [0.2, 0.25) is 11.8 Å². The summed E-state index contributed by atoms with van der Waals surface area (Å²) in [7, 11) is 0. The van der Waals surface area contributed by atoms with Crippen LogP contribution in [0.2, 0.25) is 0 Å². The molecular weight excluding hydrogens is 424 g/mol. The Morgan fingerprint density at radius 1 is 1.06 bits per heavy atom. The minimum absolute atomic E-state index is 0.0166. The number of hydrogen-bond acceptors (Lipinski definition) is 5. The van der Waals surface area contributed by atoms with Crippen LogP contribution in [0.1, 0.15) is 27.9 Å². The number of imidazole rings is 1.